The second-order valence-electron chi connectivity index (χ2n) is 6.33. The highest BCUT2D eigenvalue weighted by Crippen LogP contribution is 2.28. The van der Waals surface area contributed by atoms with Crippen molar-refractivity contribution in [3.63, 3.8) is 0 Å². The van der Waals surface area contributed by atoms with Gasteiger partial charge in [0.2, 0.25) is 5.91 Å². The lowest BCUT2D eigenvalue weighted by atomic mass is 10.1. The number of hydrogen-bond acceptors (Lipinski definition) is 5. The molecule has 0 saturated heterocycles. The van der Waals surface area contributed by atoms with Gasteiger partial charge in [0.15, 0.2) is 11.5 Å². The third-order valence-corrected chi connectivity index (χ3v) is 3.86. The number of nitrogen functional groups attached to an aromatic ring is 1. The molecule has 0 aliphatic carbocycles. The van der Waals surface area contributed by atoms with E-state index in [1.807, 2.05) is 44.4 Å². The van der Waals surface area contributed by atoms with Crippen LogP contribution in [0.25, 0.3) is 0 Å². The van der Waals surface area contributed by atoms with Gasteiger partial charge in [-0.25, -0.2) is 0 Å². The number of benzene rings is 2. The Balaban J connectivity index is 1.88. The Morgan fingerprint density at radius 1 is 1.08 bits per heavy atom. The fraction of sp³-hybridized carbons (Fsp3) is 0.350. The number of anilines is 1. The molecule has 1 amide bonds. The van der Waals surface area contributed by atoms with Crippen molar-refractivity contribution in [1.82, 2.24) is 10.2 Å². The van der Waals surface area contributed by atoms with Gasteiger partial charge in [-0.2, -0.15) is 0 Å². The van der Waals surface area contributed by atoms with Crippen LogP contribution in [-0.2, 0) is 17.8 Å². The molecule has 0 spiro atoms. The van der Waals surface area contributed by atoms with Gasteiger partial charge in [-0.3, -0.25) is 4.79 Å². The summed E-state index contributed by atoms with van der Waals surface area (Å²) in [5.74, 6) is 1.32. The normalized spacial score (nSPS) is 10.6. The zero-order valence-corrected chi connectivity index (χ0v) is 15.6. The van der Waals surface area contributed by atoms with Gasteiger partial charge >= 0.3 is 0 Å². The highest BCUT2D eigenvalue weighted by atomic mass is 16.5. The minimum absolute atomic E-state index is 0.0416. The van der Waals surface area contributed by atoms with Crippen molar-refractivity contribution in [2.24, 2.45) is 0 Å². The van der Waals surface area contributed by atoms with Gasteiger partial charge in [0.05, 0.1) is 13.5 Å². The Hall–Kier alpha value is -2.73. The van der Waals surface area contributed by atoms with Crippen LogP contribution >= 0.6 is 0 Å². The molecule has 26 heavy (non-hydrogen) atoms. The van der Waals surface area contributed by atoms with E-state index in [-0.39, 0.29) is 5.91 Å². The number of ether oxygens (including phenoxy) is 2. The number of nitrogens with zero attached hydrogens (tertiary/aromatic N) is 1. The molecule has 0 saturated carbocycles. The number of methoxy groups -OCH3 is 1. The highest BCUT2D eigenvalue weighted by Gasteiger charge is 2.08. The molecule has 2 aromatic rings. The molecule has 3 N–H and O–H groups in total. The van der Waals surface area contributed by atoms with Crippen LogP contribution in [-0.4, -0.2) is 45.2 Å². The van der Waals surface area contributed by atoms with E-state index in [0.29, 0.717) is 36.8 Å². The van der Waals surface area contributed by atoms with Crippen LogP contribution in [0.1, 0.15) is 11.1 Å². The summed E-state index contributed by atoms with van der Waals surface area (Å²) in [5.41, 5.74) is 8.22. The van der Waals surface area contributed by atoms with E-state index in [4.69, 9.17) is 15.2 Å². The average Bonchev–Trinajstić information content (AvgIpc) is 2.62. The van der Waals surface area contributed by atoms with Gasteiger partial charge in [-0.05, 0) is 49.5 Å². The molecule has 0 bridgehead atoms. The number of carbonyl (C=O) groups is 1. The summed E-state index contributed by atoms with van der Waals surface area (Å²) in [6.07, 6.45) is 0.323. The summed E-state index contributed by atoms with van der Waals surface area (Å²) >= 11 is 0. The number of carbonyl (C=O) groups excluding carboxylic acids is 1. The fourth-order valence-corrected chi connectivity index (χ4v) is 2.36. The fourth-order valence-electron chi connectivity index (χ4n) is 2.36. The van der Waals surface area contributed by atoms with E-state index < -0.39 is 0 Å². The van der Waals surface area contributed by atoms with Crippen LogP contribution in [0.3, 0.4) is 0 Å². The summed E-state index contributed by atoms with van der Waals surface area (Å²) in [6, 6.07) is 13.0. The molecule has 0 radical (unpaired) electrons. The molecule has 2 aromatic carbocycles. The van der Waals surface area contributed by atoms with E-state index in [1.54, 1.807) is 19.2 Å². The van der Waals surface area contributed by atoms with Gasteiger partial charge in [0.25, 0.3) is 0 Å². The van der Waals surface area contributed by atoms with E-state index in [2.05, 4.69) is 10.2 Å². The van der Waals surface area contributed by atoms with Crippen LogP contribution in [0.5, 0.6) is 11.5 Å². The molecule has 140 valence electrons. The maximum absolute atomic E-state index is 12.1. The summed E-state index contributed by atoms with van der Waals surface area (Å²) < 4.78 is 11.1. The first-order valence-corrected chi connectivity index (χ1v) is 8.53. The second kappa shape index (κ2) is 9.68. The van der Waals surface area contributed by atoms with E-state index in [9.17, 15) is 4.79 Å². The predicted molar refractivity (Wildman–Crippen MR) is 103 cm³/mol. The molecule has 6 nitrogen and oxygen atoms in total. The lowest BCUT2D eigenvalue weighted by molar-refractivity contribution is -0.120. The van der Waals surface area contributed by atoms with Crippen LogP contribution in [0.2, 0.25) is 0 Å². The third kappa shape index (κ3) is 6.29. The smallest absolute Gasteiger partial charge is 0.224 e. The number of nitrogens with one attached hydrogen (secondary N) is 1. The molecule has 0 fully saturated rings. The van der Waals surface area contributed by atoms with Gasteiger partial charge in [0.1, 0.15) is 6.61 Å². The molecule has 0 heterocycles. The Bertz CT molecular complexity index is 715. The first-order valence-electron chi connectivity index (χ1n) is 8.53. The van der Waals surface area contributed by atoms with Crippen molar-refractivity contribution in [1.29, 1.82) is 0 Å². The Morgan fingerprint density at radius 3 is 2.42 bits per heavy atom. The van der Waals surface area contributed by atoms with Crippen LogP contribution in [0, 0.1) is 0 Å². The van der Waals surface area contributed by atoms with Gasteiger partial charge < -0.3 is 25.4 Å². The zero-order chi connectivity index (χ0) is 18.9. The van der Waals surface area contributed by atoms with Crippen molar-refractivity contribution in [3.05, 3.63) is 53.6 Å². The molecule has 0 unspecified atom stereocenters. The molecule has 0 aliphatic rings. The number of hydrogen-bond donors (Lipinski definition) is 2. The minimum Gasteiger partial charge on any atom is -0.493 e. The molecule has 0 aliphatic heterocycles. The Morgan fingerprint density at radius 2 is 1.77 bits per heavy atom. The number of amides is 1. The maximum Gasteiger partial charge on any atom is 0.224 e. The van der Waals surface area contributed by atoms with E-state index in [1.165, 1.54) is 0 Å². The summed E-state index contributed by atoms with van der Waals surface area (Å²) in [5, 5.41) is 2.92. The Kier molecular flexibility index (Phi) is 7.29. The largest absolute Gasteiger partial charge is 0.493 e. The Labute approximate surface area is 154 Å². The summed E-state index contributed by atoms with van der Waals surface area (Å²) in [6.45, 7) is 1.84. The molecule has 0 atom stereocenters. The molecule has 2 rings (SSSR count). The summed E-state index contributed by atoms with van der Waals surface area (Å²) in [7, 11) is 5.60. The molecule has 6 heteroatoms. The number of likely N-dealkylation sites (N-methyl/N-ethyl adjacent to an activating group) is 1. The third-order valence-electron chi connectivity index (χ3n) is 3.86. The second-order valence-corrected chi connectivity index (χ2v) is 6.33. The molecular formula is C20H27N3O3. The van der Waals surface area contributed by atoms with Gasteiger partial charge in [0, 0.05) is 18.8 Å². The van der Waals surface area contributed by atoms with Gasteiger partial charge in [-0.1, -0.05) is 18.2 Å². The van der Waals surface area contributed by atoms with Crippen molar-refractivity contribution in [2.75, 3.05) is 40.1 Å². The monoisotopic (exact) mass is 357 g/mol. The lowest BCUT2D eigenvalue weighted by Crippen LogP contribution is -2.24. The van der Waals surface area contributed by atoms with Crippen molar-refractivity contribution in [3.8, 4) is 11.5 Å². The standard InChI is InChI=1S/C20H27N3O3/c1-23(2)10-11-26-18-9-6-16(12-19(18)25-3)14-22-20(24)13-15-4-7-17(21)8-5-15/h4-9,12H,10-11,13-14,21H2,1-3H3,(H,22,24). The molecular weight excluding hydrogens is 330 g/mol. The van der Waals surface area contributed by atoms with Crippen LogP contribution < -0.4 is 20.5 Å². The quantitative estimate of drug-likeness (QED) is 0.672. The summed E-state index contributed by atoms with van der Waals surface area (Å²) in [4.78, 5) is 14.1. The van der Waals surface area contributed by atoms with Crippen LogP contribution in [0.15, 0.2) is 42.5 Å². The maximum atomic E-state index is 12.1. The number of rotatable bonds is 9. The van der Waals surface area contributed by atoms with E-state index in [0.717, 1.165) is 17.7 Å². The highest BCUT2D eigenvalue weighted by molar-refractivity contribution is 5.78. The first kappa shape index (κ1) is 19.6. The topological polar surface area (TPSA) is 76.8 Å². The van der Waals surface area contributed by atoms with Gasteiger partial charge in [-0.15, -0.1) is 0 Å². The average molecular weight is 357 g/mol. The minimum atomic E-state index is -0.0416. The first-order chi connectivity index (χ1) is 12.5. The molecule has 0 aromatic heterocycles. The predicted octanol–water partition coefficient (Wildman–Crippen LogP) is 2.08. The van der Waals surface area contributed by atoms with Crippen LogP contribution in [0.4, 0.5) is 5.69 Å². The SMILES string of the molecule is COc1cc(CNC(=O)Cc2ccc(N)cc2)ccc1OCCN(C)C. The lowest BCUT2D eigenvalue weighted by Gasteiger charge is -2.14. The zero-order valence-electron chi connectivity index (χ0n) is 15.6. The van der Waals surface area contributed by atoms with Crippen molar-refractivity contribution >= 4 is 11.6 Å². The van der Waals surface area contributed by atoms with Crippen molar-refractivity contribution in [2.45, 2.75) is 13.0 Å². The van der Waals surface area contributed by atoms with E-state index >= 15 is 0 Å². The van der Waals surface area contributed by atoms with Crippen molar-refractivity contribution < 1.29 is 14.3 Å². The number of nitrogens with two attached hydrogens (primary N) is 1.